The number of hydrogen-bond donors (Lipinski definition) is 0. The molecule has 0 spiro atoms. The average Bonchev–Trinajstić information content (AvgIpc) is 2.99. The molecular weight excluding hydrogens is 362 g/mol. The van der Waals surface area contributed by atoms with Crippen LogP contribution in [0.4, 0.5) is 0 Å². The molecule has 0 N–H and O–H groups in total. The number of para-hydroxylation sites is 1. The fourth-order valence-corrected chi connectivity index (χ4v) is 5.20. The zero-order chi connectivity index (χ0) is 19.4. The Bertz CT molecular complexity index is 889. The zero-order valence-electron chi connectivity index (χ0n) is 15.7. The summed E-state index contributed by atoms with van der Waals surface area (Å²) in [6.45, 7) is 4.17. The van der Waals surface area contributed by atoms with Crippen molar-refractivity contribution in [3.8, 4) is 5.75 Å². The summed E-state index contributed by atoms with van der Waals surface area (Å²) >= 11 is 0. The van der Waals surface area contributed by atoms with Crippen LogP contribution in [-0.2, 0) is 21.2 Å². The highest BCUT2D eigenvalue weighted by atomic mass is 32.2. The van der Waals surface area contributed by atoms with E-state index in [1.807, 2.05) is 62.4 Å². The van der Waals surface area contributed by atoms with Crippen molar-refractivity contribution in [1.82, 2.24) is 4.90 Å². The average molecular weight is 388 g/mol. The highest BCUT2D eigenvalue weighted by Gasteiger charge is 2.34. The molecule has 6 heteroatoms. The first kappa shape index (κ1) is 19.4. The van der Waals surface area contributed by atoms with Crippen LogP contribution in [-0.4, -0.2) is 43.4 Å². The lowest BCUT2D eigenvalue weighted by Crippen LogP contribution is -2.43. The fourth-order valence-electron chi connectivity index (χ4n) is 3.47. The Morgan fingerprint density at radius 3 is 2.33 bits per heavy atom. The third kappa shape index (κ3) is 4.89. The summed E-state index contributed by atoms with van der Waals surface area (Å²) in [7, 11) is -3.08. The minimum Gasteiger partial charge on any atom is -0.483 e. The van der Waals surface area contributed by atoms with Gasteiger partial charge in [-0.15, -0.1) is 0 Å². The van der Waals surface area contributed by atoms with E-state index in [1.54, 1.807) is 4.90 Å². The molecule has 0 unspecified atom stereocenters. The number of rotatable bonds is 6. The van der Waals surface area contributed by atoms with Gasteiger partial charge in [0.15, 0.2) is 16.4 Å². The quantitative estimate of drug-likeness (QED) is 0.765. The van der Waals surface area contributed by atoms with E-state index in [2.05, 4.69) is 0 Å². The first-order chi connectivity index (χ1) is 12.9. The van der Waals surface area contributed by atoms with Crippen molar-refractivity contribution in [2.75, 3.05) is 18.1 Å². The number of carbonyl (C=O) groups excluding carboxylic acids is 1. The van der Waals surface area contributed by atoms with Crippen molar-refractivity contribution in [2.24, 2.45) is 0 Å². The van der Waals surface area contributed by atoms with Crippen LogP contribution in [0.5, 0.6) is 5.75 Å². The maximum Gasteiger partial charge on any atom is 0.261 e. The third-order valence-corrected chi connectivity index (χ3v) is 6.66. The van der Waals surface area contributed by atoms with E-state index in [4.69, 9.17) is 4.74 Å². The second-order valence-electron chi connectivity index (χ2n) is 7.07. The van der Waals surface area contributed by atoms with Gasteiger partial charge >= 0.3 is 0 Å². The Labute approximate surface area is 160 Å². The maximum absolute atomic E-state index is 12.9. The summed E-state index contributed by atoms with van der Waals surface area (Å²) in [5.74, 6) is 0.677. The van der Waals surface area contributed by atoms with Gasteiger partial charge in [0.25, 0.3) is 5.91 Å². The standard InChI is InChI=1S/C21H25NO4S/c1-16-7-6-8-17(2)21(16)26-14-20(23)22(13-18-9-4-3-5-10-18)19-11-12-27(24,25)15-19/h3-10,19H,11-15H2,1-2H3/t19-/m0/s1. The Morgan fingerprint density at radius 1 is 1.07 bits per heavy atom. The molecule has 1 atom stereocenters. The van der Waals surface area contributed by atoms with Crippen LogP contribution < -0.4 is 4.74 Å². The van der Waals surface area contributed by atoms with E-state index in [-0.39, 0.29) is 30.1 Å². The maximum atomic E-state index is 12.9. The summed E-state index contributed by atoms with van der Waals surface area (Å²) < 4.78 is 29.7. The zero-order valence-corrected chi connectivity index (χ0v) is 16.5. The molecule has 0 aliphatic carbocycles. The molecule has 0 bridgehead atoms. The van der Waals surface area contributed by atoms with Crippen molar-refractivity contribution in [3.05, 3.63) is 65.2 Å². The van der Waals surface area contributed by atoms with Crippen LogP contribution in [0.15, 0.2) is 48.5 Å². The number of hydrogen-bond acceptors (Lipinski definition) is 4. The molecule has 0 radical (unpaired) electrons. The molecule has 1 heterocycles. The summed E-state index contributed by atoms with van der Waals surface area (Å²) in [5, 5.41) is 0. The number of amides is 1. The molecule has 1 fully saturated rings. The molecule has 2 aromatic carbocycles. The SMILES string of the molecule is Cc1cccc(C)c1OCC(=O)N(Cc1ccccc1)[C@H]1CCS(=O)(=O)C1. The van der Waals surface area contributed by atoms with Crippen molar-refractivity contribution in [3.63, 3.8) is 0 Å². The van der Waals surface area contributed by atoms with Gasteiger partial charge < -0.3 is 9.64 Å². The van der Waals surface area contributed by atoms with Crippen LogP contribution in [0.1, 0.15) is 23.1 Å². The molecular formula is C21H25NO4S. The first-order valence-corrected chi connectivity index (χ1v) is 10.9. The van der Waals surface area contributed by atoms with Gasteiger partial charge in [-0.05, 0) is 37.0 Å². The molecule has 144 valence electrons. The molecule has 1 aliphatic rings. The van der Waals surface area contributed by atoms with Crippen molar-refractivity contribution in [1.29, 1.82) is 0 Å². The van der Waals surface area contributed by atoms with Gasteiger partial charge in [0, 0.05) is 12.6 Å². The topological polar surface area (TPSA) is 63.7 Å². The highest BCUT2D eigenvalue weighted by Crippen LogP contribution is 2.24. The normalized spacial score (nSPS) is 18.2. The molecule has 3 rings (SSSR count). The number of benzene rings is 2. The molecule has 2 aromatic rings. The van der Waals surface area contributed by atoms with Crippen LogP contribution >= 0.6 is 0 Å². The van der Waals surface area contributed by atoms with Gasteiger partial charge in [-0.3, -0.25) is 4.79 Å². The van der Waals surface area contributed by atoms with Gasteiger partial charge in [0.2, 0.25) is 0 Å². The summed E-state index contributed by atoms with van der Waals surface area (Å²) in [6, 6.07) is 15.2. The van der Waals surface area contributed by atoms with Gasteiger partial charge in [-0.1, -0.05) is 48.5 Å². The molecule has 0 saturated carbocycles. The highest BCUT2D eigenvalue weighted by molar-refractivity contribution is 7.91. The van der Waals surface area contributed by atoms with Crippen LogP contribution in [0.3, 0.4) is 0 Å². The van der Waals surface area contributed by atoms with Crippen LogP contribution in [0, 0.1) is 13.8 Å². The van der Waals surface area contributed by atoms with Crippen LogP contribution in [0.2, 0.25) is 0 Å². The van der Waals surface area contributed by atoms with Gasteiger partial charge in [0.05, 0.1) is 11.5 Å². The minimum atomic E-state index is -3.08. The third-order valence-electron chi connectivity index (χ3n) is 4.91. The number of nitrogens with zero attached hydrogens (tertiary/aromatic N) is 1. The molecule has 1 saturated heterocycles. The second-order valence-corrected chi connectivity index (χ2v) is 9.30. The van der Waals surface area contributed by atoms with Crippen molar-refractivity contribution >= 4 is 15.7 Å². The largest absolute Gasteiger partial charge is 0.483 e. The Balaban J connectivity index is 1.76. The Hall–Kier alpha value is -2.34. The number of carbonyl (C=O) groups is 1. The minimum absolute atomic E-state index is 0.0228. The van der Waals surface area contributed by atoms with Gasteiger partial charge in [-0.25, -0.2) is 8.42 Å². The van der Waals surface area contributed by atoms with Crippen molar-refractivity contribution in [2.45, 2.75) is 32.9 Å². The molecule has 27 heavy (non-hydrogen) atoms. The van der Waals surface area contributed by atoms with Gasteiger partial charge in [-0.2, -0.15) is 0 Å². The van der Waals surface area contributed by atoms with E-state index < -0.39 is 9.84 Å². The number of ether oxygens (including phenoxy) is 1. The van der Waals surface area contributed by atoms with Crippen molar-refractivity contribution < 1.29 is 17.9 Å². The Kier molecular flexibility index (Phi) is 5.85. The second kappa shape index (κ2) is 8.13. The van der Waals surface area contributed by atoms with E-state index in [0.29, 0.717) is 18.7 Å². The summed E-state index contributed by atoms with van der Waals surface area (Å²) in [6.07, 6.45) is 0.476. The predicted octanol–water partition coefficient (Wildman–Crippen LogP) is 2.90. The summed E-state index contributed by atoms with van der Waals surface area (Å²) in [4.78, 5) is 14.6. The lowest BCUT2D eigenvalue weighted by molar-refractivity contribution is -0.136. The van der Waals surface area contributed by atoms with Gasteiger partial charge in [0.1, 0.15) is 5.75 Å². The number of sulfone groups is 1. The van der Waals surface area contributed by atoms with E-state index in [1.165, 1.54) is 0 Å². The molecule has 5 nitrogen and oxygen atoms in total. The van der Waals surface area contributed by atoms with E-state index in [0.717, 1.165) is 16.7 Å². The lowest BCUT2D eigenvalue weighted by Gasteiger charge is -2.28. The fraction of sp³-hybridized carbons (Fsp3) is 0.381. The lowest BCUT2D eigenvalue weighted by atomic mass is 10.1. The van der Waals surface area contributed by atoms with E-state index >= 15 is 0 Å². The monoisotopic (exact) mass is 387 g/mol. The molecule has 0 aromatic heterocycles. The first-order valence-electron chi connectivity index (χ1n) is 9.08. The number of aryl methyl sites for hydroxylation is 2. The summed E-state index contributed by atoms with van der Waals surface area (Å²) in [5.41, 5.74) is 2.92. The smallest absolute Gasteiger partial charge is 0.261 e. The Morgan fingerprint density at radius 2 is 1.74 bits per heavy atom. The predicted molar refractivity (Wildman–Crippen MR) is 105 cm³/mol. The van der Waals surface area contributed by atoms with Crippen LogP contribution in [0.25, 0.3) is 0 Å². The molecule has 1 amide bonds. The molecule has 1 aliphatic heterocycles. The van der Waals surface area contributed by atoms with E-state index in [9.17, 15) is 13.2 Å².